The molecule has 2 N–H and O–H groups in total. The predicted octanol–water partition coefficient (Wildman–Crippen LogP) is 2.30. The molecular weight excluding hydrogens is 260 g/mol. The quantitative estimate of drug-likeness (QED) is 0.925. The van der Waals surface area contributed by atoms with Gasteiger partial charge in [0.1, 0.15) is 0 Å². The number of halogens is 1. The lowest BCUT2D eigenvalue weighted by atomic mass is 10.0. The molecule has 0 aromatic heterocycles. The minimum absolute atomic E-state index is 0. The maximum Gasteiger partial charge on any atom is 0.222 e. The van der Waals surface area contributed by atoms with E-state index in [4.69, 9.17) is 5.73 Å². The Bertz CT molecular complexity index is 414. The van der Waals surface area contributed by atoms with Crippen molar-refractivity contribution >= 4 is 18.3 Å². The molecular formula is C15H23ClN2O. The maximum absolute atomic E-state index is 12.1. The molecule has 19 heavy (non-hydrogen) atoms. The number of hydrogen-bond donors (Lipinski definition) is 1. The molecule has 0 bridgehead atoms. The summed E-state index contributed by atoms with van der Waals surface area (Å²) in [4.78, 5) is 14.0. The third-order valence-corrected chi connectivity index (χ3v) is 3.76. The van der Waals surface area contributed by atoms with Crippen LogP contribution in [0.25, 0.3) is 0 Å². The number of hydrogen-bond acceptors (Lipinski definition) is 2. The van der Waals surface area contributed by atoms with Gasteiger partial charge in [0, 0.05) is 25.6 Å². The van der Waals surface area contributed by atoms with Crippen molar-refractivity contribution < 1.29 is 4.79 Å². The number of aryl methyl sites for hydroxylation is 2. The van der Waals surface area contributed by atoms with E-state index in [-0.39, 0.29) is 24.4 Å². The SMILES string of the molecule is Cc1ccccc1CCC(=O)N1CCC(N)CC1.Cl. The van der Waals surface area contributed by atoms with Crippen LogP contribution in [0.2, 0.25) is 0 Å². The monoisotopic (exact) mass is 282 g/mol. The summed E-state index contributed by atoms with van der Waals surface area (Å²) in [6.07, 6.45) is 3.33. The van der Waals surface area contributed by atoms with Crippen LogP contribution in [0.5, 0.6) is 0 Å². The van der Waals surface area contributed by atoms with Gasteiger partial charge < -0.3 is 10.6 Å². The third-order valence-electron chi connectivity index (χ3n) is 3.76. The number of carbonyl (C=O) groups excluding carboxylic acids is 1. The summed E-state index contributed by atoms with van der Waals surface area (Å²) in [5, 5.41) is 0. The van der Waals surface area contributed by atoms with E-state index in [1.165, 1.54) is 11.1 Å². The average Bonchev–Trinajstić information content (AvgIpc) is 2.38. The van der Waals surface area contributed by atoms with Gasteiger partial charge in [-0.05, 0) is 37.3 Å². The summed E-state index contributed by atoms with van der Waals surface area (Å²) in [7, 11) is 0. The number of nitrogens with zero attached hydrogens (tertiary/aromatic N) is 1. The summed E-state index contributed by atoms with van der Waals surface area (Å²) >= 11 is 0. The summed E-state index contributed by atoms with van der Waals surface area (Å²) in [5.41, 5.74) is 8.39. The van der Waals surface area contributed by atoms with Crippen molar-refractivity contribution in [3.05, 3.63) is 35.4 Å². The van der Waals surface area contributed by atoms with Crippen LogP contribution in [0.3, 0.4) is 0 Å². The first kappa shape index (κ1) is 16.0. The third kappa shape index (κ3) is 4.51. The van der Waals surface area contributed by atoms with Gasteiger partial charge in [0.05, 0.1) is 0 Å². The van der Waals surface area contributed by atoms with Crippen molar-refractivity contribution in [2.75, 3.05) is 13.1 Å². The molecule has 0 radical (unpaired) electrons. The Hall–Kier alpha value is -1.06. The first-order valence-corrected chi connectivity index (χ1v) is 6.74. The summed E-state index contributed by atoms with van der Waals surface area (Å²) in [5.74, 6) is 0.269. The molecule has 106 valence electrons. The van der Waals surface area contributed by atoms with Crippen LogP contribution < -0.4 is 5.73 Å². The van der Waals surface area contributed by atoms with Crippen LogP contribution in [0.15, 0.2) is 24.3 Å². The second-order valence-corrected chi connectivity index (χ2v) is 5.14. The second-order valence-electron chi connectivity index (χ2n) is 5.14. The number of carbonyl (C=O) groups is 1. The normalized spacial score (nSPS) is 16.0. The van der Waals surface area contributed by atoms with Gasteiger partial charge in [-0.2, -0.15) is 0 Å². The highest BCUT2D eigenvalue weighted by molar-refractivity contribution is 5.85. The number of amides is 1. The highest BCUT2D eigenvalue weighted by atomic mass is 35.5. The van der Waals surface area contributed by atoms with Crippen LogP contribution in [-0.2, 0) is 11.2 Å². The molecule has 1 aromatic carbocycles. The molecule has 1 aliphatic heterocycles. The van der Waals surface area contributed by atoms with Crippen LogP contribution in [0.1, 0.15) is 30.4 Å². The lowest BCUT2D eigenvalue weighted by Gasteiger charge is -2.30. The van der Waals surface area contributed by atoms with Gasteiger partial charge in [-0.25, -0.2) is 0 Å². The Kier molecular flexibility index (Phi) is 6.32. The zero-order valence-corrected chi connectivity index (χ0v) is 12.3. The van der Waals surface area contributed by atoms with Gasteiger partial charge in [-0.15, -0.1) is 12.4 Å². The lowest BCUT2D eigenvalue weighted by molar-refractivity contribution is -0.132. The maximum atomic E-state index is 12.1. The van der Waals surface area contributed by atoms with Crippen molar-refractivity contribution in [3.8, 4) is 0 Å². The molecule has 1 heterocycles. The van der Waals surface area contributed by atoms with Crippen LogP contribution >= 0.6 is 12.4 Å². The van der Waals surface area contributed by atoms with Crippen molar-refractivity contribution in [2.24, 2.45) is 5.73 Å². The molecule has 4 heteroatoms. The Morgan fingerprint density at radius 2 is 1.95 bits per heavy atom. The number of likely N-dealkylation sites (tertiary alicyclic amines) is 1. The van der Waals surface area contributed by atoms with Gasteiger partial charge in [0.25, 0.3) is 0 Å². The number of benzene rings is 1. The Balaban J connectivity index is 0.00000180. The molecule has 1 fully saturated rings. The Morgan fingerprint density at radius 3 is 2.58 bits per heavy atom. The van der Waals surface area contributed by atoms with Gasteiger partial charge in [0.2, 0.25) is 5.91 Å². The molecule has 1 aromatic rings. The molecule has 1 amide bonds. The van der Waals surface area contributed by atoms with Crippen molar-refractivity contribution in [2.45, 2.75) is 38.6 Å². The first-order valence-electron chi connectivity index (χ1n) is 6.74. The van der Waals surface area contributed by atoms with Gasteiger partial charge in [-0.3, -0.25) is 4.79 Å². The smallest absolute Gasteiger partial charge is 0.222 e. The summed E-state index contributed by atoms with van der Waals surface area (Å²) in [6.45, 7) is 3.75. The number of nitrogens with two attached hydrogens (primary N) is 1. The number of rotatable bonds is 3. The first-order chi connectivity index (χ1) is 8.66. The van der Waals surface area contributed by atoms with E-state index in [9.17, 15) is 4.79 Å². The van der Waals surface area contributed by atoms with E-state index >= 15 is 0 Å². The fraction of sp³-hybridized carbons (Fsp3) is 0.533. The topological polar surface area (TPSA) is 46.3 Å². The van der Waals surface area contributed by atoms with Crippen LogP contribution in [0.4, 0.5) is 0 Å². The zero-order chi connectivity index (χ0) is 13.0. The standard InChI is InChI=1S/C15H22N2O.ClH/c1-12-4-2-3-5-13(12)6-7-15(18)17-10-8-14(16)9-11-17;/h2-5,14H,6-11,16H2,1H3;1H. The molecule has 0 saturated carbocycles. The lowest BCUT2D eigenvalue weighted by Crippen LogP contribution is -2.42. The average molecular weight is 283 g/mol. The van der Waals surface area contributed by atoms with Gasteiger partial charge in [-0.1, -0.05) is 24.3 Å². The highest BCUT2D eigenvalue weighted by Gasteiger charge is 2.20. The number of piperidine rings is 1. The van der Waals surface area contributed by atoms with Crippen LogP contribution in [0, 0.1) is 6.92 Å². The van der Waals surface area contributed by atoms with Crippen molar-refractivity contribution in [1.82, 2.24) is 4.90 Å². The van der Waals surface area contributed by atoms with E-state index in [2.05, 4.69) is 19.1 Å². The molecule has 0 unspecified atom stereocenters. The molecule has 2 rings (SSSR count). The van der Waals surface area contributed by atoms with E-state index < -0.39 is 0 Å². The van der Waals surface area contributed by atoms with E-state index in [1.807, 2.05) is 17.0 Å². The minimum Gasteiger partial charge on any atom is -0.343 e. The van der Waals surface area contributed by atoms with Crippen molar-refractivity contribution in [3.63, 3.8) is 0 Å². The Morgan fingerprint density at radius 1 is 1.32 bits per heavy atom. The Labute approximate surface area is 121 Å². The molecule has 0 atom stereocenters. The van der Waals surface area contributed by atoms with E-state index in [1.54, 1.807) is 0 Å². The zero-order valence-electron chi connectivity index (χ0n) is 11.5. The van der Waals surface area contributed by atoms with Gasteiger partial charge in [0.15, 0.2) is 0 Å². The van der Waals surface area contributed by atoms with E-state index in [0.29, 0.717) is 6.42 Å². The molecule has 0 aliphatic carbocycles. The van der Waals surface area contributed by atoms with Crippen molar-refractivity contribution in [1.29, 1.82) is 0 Å². The fourth-order valence-electron chi connectivity index (χ4n) is 2.44. The molecule has 1 aliphatic rings. The largest absolute Gasteiger partial charge is 0.343 e. The molecule has 0 spiro atoms. The predicted molar refractivity (Wildman–Crippen MR) is 80.5 cm³/mol. The summed E-state index contributed by atoms with van der Waals surface area (Å²) in [6, 6.07) is 8.55. The second kappa shape index (κ2) is 7.51. The minimum atomic E-state index is 0. The highest BCUT2D eigenvalue weighted by Crippen LogP contribution is 2.13. The summed E-state index contributed by atoms with van der Waals surface area (Å²) < 4.78 is 0. The fourth-order valence-corrected chi connectivity index (χ4v) is 2.44. The molecule has 1 saturated heterocycles. The van der Waals surface area contributed by atoms with Crippen LogP contribution in [-0.4, -0.2) is 29.9 Å². The molecule has 3 nitrogen and oxygen atoms in total. The van der Waals surface area contributed by atoms with E-state index in [0.717, 1.165) is 32.4 Å². The van der Waals surface area contributed by atoms with Gasteiger partial charge >= 0.3 is 0 Å².